The molecule has 0 aromatic heterocycles. The molecular weight excluding hydrogens is 284 g/mol. The van der Waals surface area contributed by atoms with E-state index in [2.05, 4.69) is 0 Å². The maximum atomic E-state index is 10.2. The van der Waals surface area contributed by atoms with Crippen LogP contribution in [0.1, 0.15) is 13.3 Å². The lowest BCUT2D eigenvalue weighted by molar-refractivity contribution is -0.0305. The maximum absolute atomic E-state index is 10.2. The first-order valence-corrected chi connectivity index (χ1v) is 11.9. The third-order valence-electron chi connectivity index (χ3n) is 2.41. The summed E-state index contributed by atoms with van der Waals surface area (Å²) in [4.78, 5) is 10.2. The summed E-state index contributed by atoms with van der Waals surface area (Å²) in [7, 11) is -3.47. The second kappa shape index (κ2) is 8.47. The van der Waals surface area contributed by atoms with Gasteiger partial charge in [0.05, 0.1) is 12.7 Å². The Morgan fingerprint density at radius 3 is 2.16 bits per heavy atom. The topological polar surface area (TPSA) is 88.4 Å². The van der Waals surface area contributed by atoms with Crippen LogP contribution in [0.4, 0.5) is 0 Å². The van der Waals surface area contributed by atoms with Crippen molar-refractivity contribution < 1.29 is 28.3 Å². The molecule has 0 fully saturated rings. The number of hydrogen-bond acceptors (Lipinski definition) is 6. The first-order valence-electron chi connectivity index (χ1n) is 6.51. The zero-order chi connectivity index (χ0) is 15.1. The van der Waals surface area contributed by atoms with Crippen molar-refractivity contribution in [3.8, 4) is 0 Å². The Hall–Kier alpha value is 0.194. The largest absolute Gasteiger partial charge is 0.487 e. The van der Waals surface area contributed by atoms with Crippen LogP contribution in [-0.2, 0) is 13.3 Å². The van der Waals surface area contributed by atoms with Crippen molar-refractivity contribution in [2.45, 2.75) is 51.2 Å². The minimum absolute atomic E-state index is 0.0828. The van der Waals surface area contributed by atoms with Crippen LogP contribution in [0.15, 0.2) is 0 Å². The van der Waals surface area contributed by atoms with Gasteiger partial charge in [0, 0.05) is 19.8 Å². The van der Waals surface area contributed by atoms with Gasteiger partial charge in [-0.05, 0) is 33.0 Å². The molecule has 0 amide bonds. The van der Waals surface area contributed by atoms with Gasteiger partial charge < -0.3 is 28.3 Å². The Labute approximate surface area is 117 Å². The molecule has 0 spiro atoms. The summed E-state index contributed by atoms with van der Waals surface area (Å²) in [6, 6.07) is 0.429. The van der Waals surface area contributed by atoms with Gasteiger partial charge in [-0.25, -0.2) is 0 Å². The zero-order valence-electron chi connectivity index (χ0n) is 12.5. The number of ether oxygens (including phenoxy) is 1. The van der Waals surface area contributed by atoms with Gasteiger partial charge in [0.25, 0.3) is 0 Å². The van der Waals surface area contributed by atoms with Crippen molar-refractivity contribution in [3.05, 3.63) is 0 Å². The highest BCUT2D eigenvalue weighted by atomic mass is 28.5. The Morgan fingerprint density at radius 2 is 1.74 bits per heavy atom. The number of hydrogen-bond donors (Lipinski definition) is 3. The molecular formula is C11H28O6Si2. The highest BCUT2D eigenvalue weighted by molar-refractivity contribution is 6.79. The minimum atomic E-state index is -3.09. The van der Waals surface area contributed by atoms with Crippen molar-refractivity contribution in [1.29, 1.82) is 0 Å². The lowest BCUT2D eigenvalue weighted by Gasteiger charge is -2.29. The number of rotatable bonds is 10. The van der Waals surface area contributed by atoms with Crippen LogP contribution in [-0.4, -0.2) is 64.7 Å². The van der Waals surface area contributed by atoms with Crippen molar-refractivity contribution in [1.82, 2.24) is 0 Å². The number of aliphatic hydroxyl groups is 2. The van der Waals surface area contributed by atoms with Crippen molar-refractivity contribution in [2.75, 3.05) is 20.3 Å². The maximum Gasteiger partial charge on any atom is 0.487 e. The first-order chi connectivity index (χ1) is 8.59. The second-order valence-corrected chi connectivity index (χ2v) is 13.0. The summed E-state index contributed by atoms with van der Waals surface area (Å²) in [5, 5.41) is 18.4. The Kier molecular flexibility index (Phi) is 8.56. The van der Waals surface area contributed by atoms with Crippen LogP contribution in [0.2, 0.25) is 25.7 Å². The molecule has 6 nitrogen and oxygen atoms in total. The fourth-order valence-corrected chi connectivity index (χ4v) is 6.78. The van der Waals surface area contributed by atoms with E-state index >= 15 is 0 Å². The zero-order valence-corrected chi connectivity index (χ0v) is 14.5. The standard InChI is InChI=1S/C11H28O6Si2/c1-10(12)11(13)9-16-7-6-8-19(14,15-2)17-18(3,4)5/h10-14H,6-9H2,1-5H3. The van der Waals surface area contributed by atoms with Crippen LogP contribution in [0.3, 0.4) is 0 Å². The van der Waals surface area contributed by atoms with Crippen molar-refractivity contribution in [2.24, 2.45) is 0 Å². The molecule has 0 saturated carbocycles. The van der Waals surface area contributed by atoms with Gasteiger partial charge in [-0.2, -0.15) is 0 Å². The average molecular weight is 313 g/mol. The molecule has 0 aliphatic heterocycles. The molecule has 0 aromatic rings. The molecule has 0 aliphatic carbocycles. The van der Waals surface area contributed by atoms with E-state index in [0.717, 1.165) is 0 Å². The molecule has 3 unspecified atom stereocenters. The van der Waals surface area contributed by atoms with E-state index in [1.165, 1.54) is 14.0 Å². The van der Waals surface area contributed by atoms with E-state index in [-0.39, 0.29) is 6.61 Å². The monoisotopic (exact) mass is 312 g/mol. The molecule has 3 N–H and O–H groups in total. The SMILES string of the molecule is CO[Si](O)(CCCOCC(O)C(C)O)O[Si](C)(C)C. The van der Waals surface area contributed by atoms with Gasteiger partial charge in [-0.3, -0.25) is 0 Å². The first kappa shape index (κ1) is 19.2. The predicted octanol–water partition coefficient (Wildman–Crippen LogP) is 0.564. The van der Waals surface area contributed by atoms with Crippen LogP contribution >= 0.6 is 0 Å². The van der Waals surface area contributed by atoms with Gasteiger partial charge in [-0.1, -0.05) is 0 Å². The van der Waals surface area contributed by atoms with Crippen LogP contribution in [0.25, 0.3) is 0 Å². The molecule has 0 rings (SSSR count). The molecule has 3 atom stereocenters. The van der Waals surface area contributed by atoms with Crippen molar-refractivity contribution in [3.63, 3.8) is 0 Å². The molecule has 0 heterocycles. The van der Waals surface area contributed by atoms with E-state index in [9.17, 15) is 9.90 Å². The van der Waals surface area contributed by atoms with E-state index in [1.54, 1.807) is 0 Å². The normalized spacial score (nSPS) is 18.9. The highest BCUT2D eigenvalue weighted by Gasteiger charge is 2.39. The second-order valence-electron chi connectivity index (χ2n) is 5.62. The molecule has 19 heavy (non-hydrogen) atoms. The van der Waals surface area contributed by atoms with E-state index < -0.39 is 29.3 Å². The molecule has 0 aliphatic rings. The molecule has 0 radical (unpaired) electrons. The summed E-state index contributed by atoms with van der Waals surface area (Å²) in [5.41, 5.74) is 0. The van der Waals surface area contributed by atoms with Crippen LogP contribution in [0, 0.1) is 0 Å². The molecule has 116 valence electrons. The Morgan fingerprint density at radius 1 is 1.16 bits per heavy atom. The quantitative estimate of drug-likeness (QED) is 0.404. The lowest BCUT2D eigenvalue weighted by Crippen LogP contribution is -2.49. The van der Waals surface area contributed by atoms with Crippen molar-refractivity contribution >= 4 is 17.1 Å². The molecule has 0 aromatic carbocycles. The smallest absolute Gasteiger partial charge is 0.416 e. The minimum Gasteiger partial charge on any atom is -0.416 e. The average Bonchev–Trinajstić information content (AvgIpc) is 2.25. The third kappa shape index (κ3) is 9.69. The Balaban J connectivity index is 3.90. The summed E-state index contributed by atoms with van der Waals surface area (Å²) >= 11 is 0. The van der Waals surface area contributed by atoms with Crippen LogP contribution in [0.5, 0.6) is 0 Å². The lowest BCUT2D eigenvalue weighted by atomic mass is 10.2. The summed E-state index contributed by atoms with van der Waals surface area (Å²) < 4.78 is 16.1. The molecule has 0 bridgehead atoms. The third-order valence-corrected chi connectivity index (χ3v) is 7.76. The number of aliphatic hydroxyl groups excluding tert-OH is 2. The van der Waals surface area contributed by atoms with E-state index in [4.69, 9.17) is 18.4 Å². The van der Waals surface area contributed by atoms with Gasteiger partial charge in [0.1, 0.15) is 6.10 Å². The predicted molar refractivity (Wildman–Crippen MR) is 77.3 cm³/mol. The van der Waals surface area contributed by atoms with Crippen LogP contribution < -0.4 is 0 Å². The summed E-state index contributed by atoms with van der Waals surface area (Å²) in [5.74, 6) is 0. The van der Waals surface area contributed by atoms with Gasteiger partial charge in [0.2, 0.25) is 0 Å². The molecule has 8 heteroatoms. The van der Waals surface area contributed by atoms with Gasteiger partial charge in [-0.15, -0.1) is 0 Å². The highest BCUT2D eigenvalue weighted by Crippen LogP contribution is 2.18. The van der Waals surface area contributed by atoms with E-state index in [0.29, 0.717) is 19.1 Å². The fraction of sp³-hybridized carbons (Fsp3) is 1.00. The summed E-state index contributed by atoms with van der Waals surface area (Å²) in [6.07, 6.45) is -1.09. The Bertz CT molecular complexity index is 246. The van der Waals surface area contributed by atoms with Gasteiger partial charge >= 0.3 is 8.80 Å². The van der Waals surface area contributed by atoms with E-state index in [1.807, 2.05) is 19.6 Å². The van der Waals surface area contributed by atoms with Gasteiger partial charge in [0.15, 0.2) is 8.32 Å². The molecule has 0 saturated heterocycles. The fourth-order valence-electron chi connectivity index (χ4n) is 1.41. The summed E-state index contributed by atoms with van der Waals surface area (Å²) in [6.45, 7) is 7.97.